The molecule has 0 radical (unpaired) electrons. The van der Waals surface area contributed by atoms with E-state index in [2.05, 4.69) is 20.0 Å². The Bertz CT molecular complexity index is 945. The van der Waals surface area contributed by atoms with Gasteiger partial charge in [-0.05, 0) is 43.4 Å². The minimum atomic E-state index is -3.51. The maximum absolute atomic E-state index is 12.1. The first-order chi connectivity index (χ1) is 11.5. The standard InChI is InChI=1S/C16H16N4O3S/c1-17-24(22,23)12-8-6-11(7-9-12)16(21)18-10-15-19-13-4-2-3-5-14(13)20-15/h2-9,17H,10H2,1H3,(H,18,21)(H,19,20). The van der Waals surface area contributed by atoms with Crippen molar-refractivity contribution in [3.8, 4) is 0 Å². The van der Waals surface area contributed by atoms with Gasteiger partial charge >= 0.3 is 0 Å². The summed E-state index contributed by atoms with van der Waals surface area (Å²) in [5.74, 6) is 0.350. The molecule has 0 bridgehead atoms. The van der Waals surface area contributed by atoms with Crippen molar-refractivity contribution in [2.24, 2.45) is 0 Å². The quantitative estimate of drug-likeness (QED) is 0.651. The number of aromatic nitrogens is 2. The monoisotopic (exact) mass is 344 g/mol. The molecule has 1 amide bonds. The third-order valence-electron chi connectivity index (χ3n) is 3.55. The second kappa shape index (κ2) is 6.42. The van der Waals surface area contributed by atoms with Crippen LogP contribution in [-0.4, -0.2) is 31.3 Å². The van der Waals surface area contributed by atoms with Crippen molar-refractivity contribution < 1.29 is 13.2 Å². The fourth-order valence-electron chi connectivity index (χ4n) is 2.26. The summed E-state index contributed by atoms with van der Waals surface area (Å²) in [6, 6.07) is 13.3. The normalized spacial score (nSPS) is 11.5. The van der Waals surface area contributed by atoms with Crippen molar-refractivity contribution in [2.75, 3.05) is 7.05 Å². The number of sulfonamides is 1. The van der Waals surface area contributed by atoms with E-state index in [1.807, 2.05) is 24.3 Å². The number of hydrogen-bond donors (Lipinski definition) is 3. The van der Waals surface area contributed by atoms with E-state index in [-0.39, 0.29) is 17.3 Å². The Morgan fingerprint density at radius 2 is 1.83 bits per heavy atom. The lowest BCUT2D eigenvalue weighted by Gasteiger charge is -2.05. The Balaban J connectivity index is 1.68. The van der Waals surface area contributed by atoms with Crippen molar-refractivity contribution in [3.63, 3.8) is 0 Å². The van der Waals surface area contributed by atoms with Crippen molar-refractivity contribution in [1.29, 1.82) is 0 Å². The highest BCUT2D eigenvalue weighted by Crippen LogP contribution is 2.12. The highest BCUT2D eigenvalue weighted by atomic mass is 32.2. The molecule has 2 aromatic carbocycles. The Morgan fingerprint density at radius 1 is 1.12 bits per heavy atom. The van der Waals surface area contributed by atoms with Crippen LogP contribution < -0.4 is 10.0 Å². The van der Waals surface area contributed by atoms with Gasteiger partial charge in [-0.2, -0.15) is 0 Å². The minimum Gasteiger partial charge on any atom is -0.345 e. The second-order valence-corrected chi connectivity index (χ2v) is 7.00. The number of para-hydroxylation sites is 2. The molecule has 124 valence electrons. The Labute approximate surface area is 139 Å². The predicted octanol–water partition coefficient (Wildman–Crippen LogP) is 1.40. The molecule has 24 heavy (non-hydrogen) atoms. The van der Waals surface area contributed by atoms with Crippen LogP contribution in [0.1, 0.15) is 16.2 Å². The van der Waals surface area contributed by atoms with Crippen LogP contribution in [0.5, 0.6) is 0 Å². The number of nitrogens with zero attached hydrogens (tertiary/aromatic N) is 1. The smallest absolute Gasteiger partial charge is 0.251 e. The van der Waals surface area contributed by atoms with E-state index in [1.54, 1.807) is 0 Å². The molecule has 3 N–H and O–H groups in total. The van der Waals surface area contributed by atoms with Gasteiger partial charge in [-0.1, -0.05) is 12.1 Å². The lowest BCUT2D eigenvalue weighted by atomic mass is 10.2. The molecule has 0 aliphatic heterocycles. The molecular formula is C16H16N4O3S. The molecular weight excluding hydrogens is 328 g/mol. The number of fused-ring (bicyclic) bond motifs is 1. The fourth-order valence-corrected chi connectivity index (χ4v) is 2.99. The first-order valence-electron chi connectivity index (χ1n) is 7.25. The largest absolute Gasteiger partial charge is 0.345 e. The summed E-state index contributed by atoms with van der Waals surface area (Å²) >= 11 is 0. The lowest BCUT2D eigenvalue weighted by molar-refractivity contribution is 0.0950. The number of aromatic amines is 1. The van der Waals surface area contributed by atoms with Gasteiger partial charge in [0, 0.05) is 5.56 Å². The molecule has 8 heteroatoms. The van der Waals surface area contributed by atoms with E-state index in [1.165, 1.54) is 31.3 Å². The molecule has 0 spiro atoms. The van der Waals surface area contributed by atoms with Gasteiger partial charge in [-0.25, -0.2) is 18.1 Å². The number of imidazole rings is 1. The number of H-pyrrole nitrogens is 1. The molecule has 1 heterocycles. The van der Waals surface area contributed by atoms with Gasteiger partial charge in [0.15, 0.2) is 0 Å². The third kappa shape index (κ3) is 3.29. The number of amides is 1. The highest BCUT2D eigenvalue weighted by molar-refractivity contribution is 7.89. The molecule has 0 fully saturated rings. The van der Waals surface area contributed by atoms with Gasteiger partial charge in [0.2, 0.25) is 10.0 Å². The first-order valence-corrected chi connectivity index (χ1v) is 8.73. The molecule has 7 nitrogen and oxygen atoms in total. The number of rotatable bonds is 5. The van der Waals surface area contributed by atoms with Gasteiger partial charge in [-0.15, -0.1) is 0 Å². The molecule has 0 aliphatic rings. The van der Waals surface area contributed by atoms with Crippen LogP contribution in [0, 0.1) is 0 Å². The SMILES string of the molecule is CNS(=O)(=O)c1ccc(C(=O)NCc2nc3ccccc3[nH]2)cc1. The summed E-state index contributed by atoms with van der Waals surface area (Å²) in [6.45, 7) is 0.254. The molecule has 3 rings (SSSR count). The molecule has 3 aromatic rings. The molecule has 0 atom stereocenters. The van der Waals surface area contributed by atoms with Crippen LogP contribution in [0.3, 0.4) is 0 Å². The summed E-state index contributed by atoms with van der Waals surface area (Å²) < 4.78 is 25.5. The maximum Gasteiger partial charge on any atom is 0.251 e. The summed E-state index contributed by atoms with van der Waals surface area (Å²) in [4.78, 5) is 19.8. The van der Waals surface area contributed by atoms with Crippen LogP contribution >= 0.6 is 0 Å². The van der Waals surface area contributed by atoms with E-state index >= 15 is 0 Å². The van der Waals surface area contributed by atoms with E-state index < -0.39 is 10.0 Å². The summed E-state index contributed by atoms with van der Waals surface area (Å²) in [5.41, 5.74) is 2.12. The van der Waals surface area contributed by atoms with Crippen molar-refractivity contribution in [1.82, 2.24) is 20.0 Å². The maximum atomic E-state index is 12.1. The third-order valence-corrected chi connectivity index (χ3v) is 4.98. The number of carbonyl (C=O) groups excluding carboxylic acids is 1. The van der Waals surface area contributed by atoms with Crippen molar-refractivity contribution in [2.45, 2.75) is 11.4 Å². The van der Waals surface area contributed by atoms with Crippen LogP contribution in [0.15, 0.2) is 53.4 Å². The average Bonchev–Trinajstić information content (AvgIpc) is 3.02. The van der Waals surface area contributed by atoms with Crippen molar-refractivity contribution >= 4 is 27.0 Å². The van der Waals surface area contributed by atoms with Gasteiger partial charge in [0.25, 0.3) is 5.91 Å². The van der Waals surface area contributed by atoms with Crippen LogP contribution in [-0.2, 0) is 16.6 Å². The predicted molar refractivity (Wildman–Crippen MR) is 90.0 cm³/mol. The van der Waals surface area contributed by atoms with Gasteiger partial charge in [-0.3, -0.25) is 4.79 Å². The first kappa shape index (κ1) is 16.2. The van der Waals surface area contributed by atoms with E-state index in [9.17, 15) is 13.2 Å². The average molecular weight is 344 g/mol. The number of hydrogen-bond acceptors (Lipinski definition) is 4. The molecule has 0 aliphatic carbocycles. The summed E-state index contributed by atoms with van der Waals surface area (Å²) in [5, 5.41) is 2.75. The lowest BCUT2D eigenvalue weighted by Crippen LogP contribution is -2.23. The van der Waals surface area contributed by atoms with Crippen LogP contribution in [0.25, 0.3) is 11.0 Å². The molecule has 0 unspecified atom stereocenters. The Morgan fingerprint density at radius 3 is 2.50 bits per heavy atom. The van der Waals surface area contributed by atoms with Gasteiger partial charge in [0.05, 0.1) is 22.5 Å². The van der Waals surface area contributed by atoms with Gasteiger partial charge < -0.3 is 10.3 Å². The zero-order valence-corrected chi connectivity index (χ0v) is 13.7. The Kier molecular flexibility index (Phi) is 4.32. The Hall–Kier alpha value is -2.71. The molecule has 0 saturated heterocycles. The number of nitrogens with one attached hydrogen (secondary N) is 3. The zero-order chi connectivity index (χ0) is 17.2. The van der Waals surface area contributed by atoms with Gasteiger partial charge in [0.1, 0.15) is 5.82 Å². The van der Waals surface area contributed by atoms with E-state index in [0.717, 1.165) is 11.0 Å². The molecule has 0 saturated carbocycles. The van der Waals surface area contributed by atoms with Crippen LogP contribution in [0.2, 0.25) is 0 Å². The summed E-state index contributed by atoms with van der Waals surface area (Å²) in [6.07, 6.45) is 0. The summed E-state index contributed by atoms with van der Waals surface area (Å²) in [7, 11) is -2.17. The highest BCUT2D eigenvalue weighted by Gasteiger charge is 2.13. The van der Waals surface area contributed by atoms with E-state index in [0.29, 0.717) is 11.4 Å². The molecule has 1 aromatic heterocycles. The topological polar surface area (TPSA) is 104 Å². The number of carbonyl (C=O) groups is 1. The van der Waals surface area contributed by atoms with E-state index in [4.69, 9.17) is 0 Å². The van der Waals surface area contributed by atoms with Crippen LogP contribution in [0.4, 0.5) is 0 Å². The van der Waals surface area contributed by atoms with Crippen molar-refractivity contribution in [3.05, 3.63) is 59.9 Å². The minimum absolute atomic E-state index is 0.110. The fraction of sp³-hybridized carbons (Fsp3) is 0.125. The zero-order valence-electron chi connectivity index (χ0n) is 12.9. The second-order valence-electron chi connectivity index (χ2n) is 5.12. The number of benzene rings is 2.